The smallest absolute Gasteiger partial charge is 0.226 e. The van der Waals surface area contributed by atoms with Crippen LogP contribution in [0.4, 0.5) is 0 Å². The van der Waals surface area contributed by atoms with Crippen molar-refractivity contribution in [1.29, 1.82) is 0 Å². The molecule has 2 N–H and O–H groups in total. The van der Waals surface area contributed by atoms with Gasteiger partial charge in [0.15, 0.2) is 5.13 Å². The first kappa shape index (κ1) is 15.5. The first-order valence-electron chi connectivity index (χ1n) is 7.29. The average molecular weight is 327 g/mol. The fourth-order valence-corrected chi connectivity index (χ4v) is 3.08. The highest BCUT2D eigenvalue weighted by molar-refractivity contribution is 7.12. The third kappa shape index (κ3) is 3.85. The monoisotopic (exact) mass is 327 g/mol. The van der Waals surface area contributed by atoms with Gasteiger partial charge in [-0.3, -0.25) is 4.79 Å². The fraction of sp³-hybridized carbons (Fsp3) is 0.176. The number of hydrogen-bond acceptors (Lipinski definition) is 4. The van der Waals surface area contributed by atoms with E-state index in [1.54, 1.807) is 0 Å². The molecule has 118 valence electrons. The van der Waals surface area contributed by atoms with Crippen LogP contribution in [0.15, 0.2) is 60.2 Å². The highest BCUT2D eigenvalue weighted by atomic mass is 32.1. The molecule has 0 spiro atoms. The second kappa shape index (κ2) is 7.21. The quantitative estimate of drug-likeness (QED) is 0.730. The van der Waals surface area contributed by atoms with E-state index < -0.39 is 6.04 Å². The summed E-state index contributed by atoms with van der Waals surface area (Å²) in [6.45, 7) is -0.137. The molecule has 0 radical (unpaired) electrons. The normalized spacial score (nSPS) is 12.0. The Bertz CT molecular complexity index is 753. The summed E-state index contributed by atoms with van der Waals surface area (Å²) in [5.74, 6) is -0.155. The van der Waals surface area contributed by atoms with E-state index in [-0.39, 0.29) is 18.9 Å². The molecule has 0 bridgehead atoms. The third-order valence-electron chi connectivity index (χ3n) is 3.43. The zero-order valence-corrected chi connectivity index (χ0v) is 13.2. The van der Waals surface area contributed by atoms with Crippen LogP contribution in [0.1, 0.15) is 17.3 Å². The highest BCUT2D eigenvalue weighted by Gasteiger charge is 2.15. The number of hydrogen-bond donors (Lipinski definition) is 2. The van der Waals surface area contributed by atoms with E-state index in [2.05, 4.69) is 10.3 Å². The second-order valence-corrected chi connectivity index (χ2v) is 5.94. The van der Waals surface area contributed by atoms with E-state index in [0.29, 0.717) is 0 Å². The van der Waals surface area contributed by atoms with Crippen LogP contribution in [-0.4, -0.2) is 27.2 Å². The lowest BCUT2D eigenvalue weighted by molar-refractivity contribution is -0.121. The molecule has 5 nitrogen and oxygen atoms in total. The van der Waals surface area contributed by atoms with Gasteiger partial charge in [-0.25, -0.2) is 4.98 Å². The molecule has 1 aromatic carbocycles. The number of carbonyl (C=O) groups excluding carboxylic acids is 1. The van der Waals surface area contributed by atoms with Crippen molar-refractivity contribution in [3.8, 4) is 5.13 Å². The van der Waals surface area contributed by atoms with Crippen LogP contribution in [0.5, 0.6) is 0 Å². The van der Waals surface area contributed by atoms with Gasteiger partial charge < -0.3 is 15.0 Å². The number of nitrogens with one attached hydrogen (secondary N) is 1. The molecule has 0 aliphatic rings. The number of rotatable bonds is 6. The van der Waals surface area contributed by atoms with Gasteiger partial charge in [-0.1, -0.05) is 30.3 Å². The fourth-order valence-electron chi connectivity index (χ4n) is 2.29. The predicted molar refractivity (Wildman–Crippen MR) is 89.6 cm³/mol. The zero-order valence-electron chi connectivity index (χ0n) is 12.4. The summed E-state index contributed by atoms with van der Waals surface area (Å²) >= 11 is 1.49. The SMILES string of the molecule is O=C(Cc1csc(-n2cccc2)n1)N[C@@H](CO)c1ccccc1. The number of thiazole rings is 1. The Labute approximate surface area is 138 Å². The minimum atomic E-state index is -0.397. The van der Waals surface area contributed by atoms with Gasteiger partial charge in [-0.05, 0) is 17.7 Å². The summed E-state index contributed by atoms with van der Waals surface area (Å²) in [5, 5.41) is 15.0. The first-order chi connectivity index (χ1) is 11.3. The van der Waals surface area contributed by atoms with Gasteiger partial charge in [-0.15, -0.1) is 11.3 Å². The Morgan fingerprint density at radius 2 is 1.96 bits per heavy atom. The lowest BCUT2D eigenvalue weighted by atomic mass is 10.1. The van der Waals surface area contributed by atoms with Crippen molar-refractivity contribution in [2.45, 2.75) is 12.5 Å². The van der Waals surface area contributed by atoms with Gasteiger partial charge in [0.25, 0.3) is 0 Å². The molecule has 3 aromatic rings. The molecule has 23 heavy (non-hydrogen) atoms. The molecule has 0 aliphatic carbocycles. The van der Waals surface area contributed by atoms with Gasteiger partial charge in [0.2, 0.25) is 5.91 Å². The van der Waals surface area contributed by atoms with Crippen LogP contribution in [-0.2, 0) is 11.2 Å². The van der Waals surface area contributed by atoms with Gasteiger partial charge in [0, 0.05) is 17.8 Å². The Morgan fingerprint density at radius 3 is 2.65 bits per heavy atom. The Balaban J connectivity index is 1.63. The molecular formula is C17H17N3O2S. The van der Waals surface area contributed by atoms with Crippen LogP contribution in [0.2, 0.25) is 0 Å². The van der Waals surface area contributed by atoms with Gasteiger partial charge >= 0.3 is 0 Å². The molecule has 3 rings (SSSR count). The third-order valence-corrected chi connectivity index (χ3v) is 4.33. The Morgan fingerprint density at radius 1 is 1.22 bits per heavy atom. The van der Waals surface area contributed by atoms with E-state index >= 15 is 0 Å². The maximum absolute atomic E-state index is 12.2. The summed E-state index contributed by atoms with van der Waals surface area (Å²) in [5.41, 5.74) is 1.61. The van der Waals surface area contributed by atoms with Crippen molar-refractivity contribution >= 4 is 17.2 Å². The molecule has 0 saturated carbocycles. The van der Waals surface area contributed by atoms with Gasteiger partial charge in [0.05, 0.1) is 24.8 Å². The molecular weight excluding hydrogens is 310 g/mol. The van der Waals surface area contributed by atoms with E-state index in [1.807, 2.05) is 64.8 Å². The largest absolute Gasteiger partial charge is 0.394 e. The van der Waals surface area contributed by atoms with Crippen molar-refractivity contribution in [3.05, 3.63) is 71.5 Å². The average Bonchev–Trinajstić information content (AvgIpc) is 3.24. The molecule has 1 atom stereocenters. The standard InChI is InChI=1S/C17H17N3O2S/c21-11-15(13-6-2-1-3-7-13)19-16(22)10-14-12-23-17(18-14)20-8-4-5-9-20/h1-9,12,15,21H,10-11H2,(H,19,22)/t15-/m0/s1. The molecule has 2 aromatic heterocycles. The molecule has 1 amide bonds. The number of nitrogens with zero attached hydrogens (tertiary/aromatic N) is 2. The summed E-state index contributed by atoms with van der Waals surface area (Å²) in [6.07, 6.45) is 4.03. The Hall–Kier alpha value is -2.44. The van der Waals surface area contributed by atoms with Gasteiger partial charge in [-0.2, -0.15) is 0 Å². The first-order valence-corrected chi connectivity index (χ1v) is 8.17. The van der Waals surface area contributed by atoms with E-state index in [0.717, 1.165) is 16.4 Å². The number of aromatic nitrogens is 2. The number of carbonyl (C=O) groups is 1. The second-order valence-electron chi connectivity index (χ2n) is 5.10. The lowest BCUT2D eigenvalue weighted by Gasteiger charge is -2.16. The number of amides is 1. The molecule has 6 heteroatoms. The lowest BCUT2D eigenvalue weighted by Crippen LogP contribution is -2.32. The molecule has 0 unspecified atom stereocenters. The summed E-state index contributed by atoms with van der Waals surface area (Å²) < 4.78 is 1.91. The van der Waals surface area contributed by atoms with Crippen LogP contribution in [0.25, 0.3) is 5.13 Å². The minimum absolute atomic E-state index is 0.137. The summed E-state index contributed by atoms with van der Waals surface area (Å²) in [6, 6.07) is 12.9. The van der Waals surface area contributed by atoms with Crippen LogP contribution in [0.3, 0.4) is 0 Å². The van der Waals surface area contributed by atoms with E-state index in [4.69, 9.17) is 0 Å². The molecule has 2 heterocycles. The van der Waals surface area contributed by atoms with Crippen molar-refractivity contribution in [2.75, 3.05) is 6.61 Å². The topological polar surface area (TPSA) is 67.2 Å². The molecule has 0 fully saturated rings. The maximum atomic E-state index is 12.2. The van der Waals surface area contributed by atoms with E-state index in [1.165, 1.54) is 11.3 Å². The van der Waals surface area contributed by atoms with Crippen molar-refractivity contribution < 1.29 is 9.90 Å². The number of aliphatic hydroxyl groups is 1. The highest BCUT2D eigenvalue weighted by Crippen LogP contribution is 2.16. The number of benzene rings is 1. The van der Waals surface area contributed by atoms with Crippen LogP contribution in [0, 0.1) is 0 Å². The zero-order chi connectivity index (χ0) is 16.1. The van der Waals surface area contributed by atoms with Crippen molar-refractivity contribution in [1.82, 2.24) is 14.9 Å². The predicted octanol–water partition coefficient (Wildman–Crippen LogP) is 2.33. The minimum Gasteiger partial charge on any atom is -0.394 e. The van der Waals surface area contributed by atoms with Crippen LogP contribution < -0.4 is 5.32 Å². The summed E-state index contributed by atoms with van der Waals surface area (Å²) in [4.78, 5) is 16.6. The molecule has 0 saturated heterocycles. The maximum Gasteiger partial charge on any atom is 0.226 e. The van der Waals surface area contributed by atoms with Crippen LogP contribution >= 0.6 is 11.3 Å². The summed E-state index contributed by atoms with van der Waals surface area (Å²) in [7, 11) is 0. The van der Waals surface area contributed by atoms with Crippen molar-refractivity contribution in [2.24, 2.45) is 0 Å². The van der Waals surface area contributed by atoms with Crippen molar-refractivity contribution in [3.63, 3.8) is 0 Å². The van der Waals surface area contributed by atoms with Gasteiger partial charge in [0.1, 0.15) is 0 Å². The number of aliphatic hydroxyl groups excluding tert-OH is 1. The molecule has 0 aliphatic heterocycles. The van der Waals surface area contributed by atoms with E-state index in [9.17, 15) is 9.90 Å². The Kier molecular flexibility index (Phi) is 4.85.